The van der Waals surface area contributed by atoms with Crippen molar-refractivity contribution in [1.82, 2.24) is 9.80 Å². The normalized spacial score (nSPS) is 25.0. The highest BCUT2D eigenvalue weighted by molar-refractivity contribution is 4.95. The lowest BCUT2D eigenvalue weighted by molar-refractivity contribution is 0.105. The fraction of sp³-hybridized carbons (Fsp3) is 0.636. The Labute approximate surface area is 80.9 Å². The first-order valence-corrected chi connectivity index (χ1v) is 4.61. The van der Waals surface area contributed by atoms with E-state index in [1.165, 1.54) is 0 Å². The summed E-state index contributed by atoms with van der Waals surface area (Å²) in [4.78, 5) is 4.60. The molecular formula is C11H16N2. The minimum absolute atomic E-state index is 0.526. The van der Waals surface area contributed by atoms with E-state index in [9.17, 15) is 0 Å². The zero-order valence-electron chi connectivity index (χ0n) is 8.16. The quantitative estimate of drug-likeness (QED) is 0.557. The van der Waals surface area contributed by atoms with E-state index in [0.29, 0.717) is 6.04 Å². The lowest BCUT2D eigenvalue weighted by Gasteiger charge is -2.38. The Balaban J connectivity index is 2.39. The first-order valence-electron chi connectivity index (χ1n) is 4.61. The SMILES string of the molecule is C#CCN1CCN(CC#C)C(C)C1. The van der Waals surface area contributed by atoms with Crippen LogP contribution in [0.15, 0.2) is 0 Å². The zero-order valence-corrected chi connectivity index (χ0v) is 8.16. The molecule has 0 aromatic carbocycles. The average Bonchev–Trinajstić information content (AvgIpc) is 2.10. The van der Waals surface area contributed by atoms with Crippen molar-refractivity contribution >= 4 is 0 Å². The topological polar surface area (TPSA) is 6.48 Å². The van der Waals surface area contributed by atoms with Crippen LogP contribution in [0.4, 0.5) is 0 Å². The van der Waals surface area contributed by atoms with Crippen LogP contribution in [0.1, 0.15) is 6.92 Å². The van der Waals surface area contributed by atoms with E-state index in [0.717, 1.165) is 32.7 Å². The predicted molar refractivity (Wildman–Crippen MR) is 55.1 cm³/mol. The number of piperazine rings is 1. The third-order valence-electron chi connectivity index (χ3n) is 2.46. The van der Waals surface area contributed by atoms with Crippen LogP contribution >= 0.6 is 0 Å². The molecule has 0 spiro atoms. The lowest BCUT2D eigenvalue weighted by atomic mass is 10.2. The highest BCUT2D eigenvalue weighted by Crippen LogP contribution is 2.07. The molecule has 1 aliphatic rings. The summed E-state index contributed by atoms with van der Waals surface area (Å²) in [7, 11) is 0. The molecule has 1 rings (SSSR count). The first-order chi connectivity index (χ1) is 6.27. The van der Waals surface area contributed by atoms with Crippen LogP contribution < -0.4 is 0 Å². The number of nitrogens with zero attached hydrogens (tertiary/aromatic N) is 2. The van der Waals surface area contributed by atoms with Gasteiger partial charge in [-0.15, -0.1) is 12.8 Å². The fourth-order valence-electron chi connectivity index (χ4n) is 1.70. The molecule has 0 aromatic heterocycles. The van der Waals surface area contributed by atoms with Crippen LogP contribution in [0.5, 0.6) is 0 Å². The smallest absolute Gasteiger partial charge is 0.0602 e. The summed E-state index contributed by atoms with van der Waals surface area (Å²) in [5, 5.41) is 0. The summed E-state index contributed by atoms with van der Waals surface area (Å²) in [6, 6.07) is 0.526. The van der Waals surface area contributed by atoms with Gasteiger partial charge in [0, 0.05) is 25.7 Å². The molecule has 2 heteroatoms. The molecule has 1 heterocycles. The van der Waals surface area contributed by atoms with Crippen molar-refractivity contribution in [3.63, 3.8) is 0 Å². The minimum Gasteiger partial charge on any atom is -0.290 e. The number of rotatable bonds is 2. The van der Waals surface area contributed by atoms with E-state index in [1.807, 2.05) is 0 Å². The van der Waals surface area contributed by atoms with Gasteiger partial charge in [-0.3, -0.25) is 9.80 Å². The van der Waals surface area contributed by atoms with Crippen molar-refractivity contribution in [3.05, 3.63) is 0 Å². The monoisotopic (exact) mass is 176 g/mol. The Morgan fingerprint density at radius 1 is 1.23 bits per heavy atom. The van der Waals surface area contributed by atoms with E-state index >= 15 is 0 Å². The highest BCUT2D eigenvalue weighted by Gasteiger charge is 2.21. The molecule has 2 nitrogen and oxygen atoms in total. The molecule has 0 aromatic rings. The van der Waals surface area contributed by atoms with Gasteiger partial charge in [-0.05, 0) is 6.92 Å². The third kappa shape index (κ3) is 2.77. The molecule has 0 saturated carbocycles. The van der Waals surface area contributed by atoms with Crippen LogP contribution in [-0.4, -0.2) is 48.6 Å². The summed E-state index contributed by atoms with van der Waals surface area (Å²) in [6.07, 6.45) is 10.5. The van der Waals surface area contributed by atoms with Gasteiger partial charge in [0.15, 0.2) is 0 Å². The van der Waals surface area contributed by atoms with Gasteiger partial charge < -0.3 is 0 Å². The maximum atomic E-state index is 5.28. The van der Waals surface area contributed by atoms with Gasteiger partial charge in [0.1, 0.15) is 0 Å². The Bertz CT molecular complexity index is 233. The van der Waals surface area contributed by atoms with E-state index in [1.54, 1.807) is 0 Å². The zero-order chi connectivity index (χ0) is 9.68. The summed E-state index contributed by atoms with van der Waals surface area (Å²) < 4.78 is 0. The van der Waals surface area contributed by atoms with Gasteiger partial charge in [-0.1, -0.05) is 11.8 Å². The Morgan fingerprint density at radius 3 is 2.46 bits per heavy atom. The van der Waals surface area contributed by atoms with E-state index in [2.05, 4.69) is 28.6 Å². The van der Waals surface area contributed by atoms with Gasteiger partial charge >= 0.3 is 0 Å². The molecule has 0 bridgehead atoms. The predicted octanol–water partition coefficient (Wildman–Crippen LogP) is 0.259. The summed E-state index contributed by atoms with van der Waals surface area (Å²) in [5.41, 5.74) is 0. The Kier molecular flexibility index (Phi) is 3.83. The summed E-state index contributed by atoms with van der Waals surface area (Å²) in [5.74, 6) is 5.35. The second-order valence-corrected chi connectivity index (χ2v) is 3.46. The van der Waals surface area contributed by atoms with Crippen molar-refractivity contribution < 1.29 is 0 Å². The molecule has 70 valence electrons. The lowest BCUT2D eigenvalue weighted by Crippen LogP contribution is -2.51. The highest BCUT2D eigenvalue weighted by atomic mass is 15.3. The Hall–Kier alpha value is -0.960. The van der Waals surface area contributed by atoms with Crippen molar-refractivity contribution in [3.8, 4) is 24.7 Å². The second kappa shape index (κ2) is 4.92. The fourth-order valence-corrected chi connectivity index (χ4v) is 1.70. The third-order valence-corrected chi connectivity index (χ3v) is 2.46. The largest absolute Gasteiger partial charge is 0.290 e. The molecule has 1 fully saturated rings. The van der Waals surface area contributed by atoms with Crippen molar-refractivity contribution in [1.29, 1.82) is 0 Å². The molecular weight excluding hydrogens is 160 g/mol. The molecule has 0 aliphatic carbocycles. The molecule has 1 saturated heterocycles. The molecule has 0 radical (unpaired) electrons. The molecule has 1 unspecified atom stereocenters. The molecule has 1 aliphatic heterocycles. The van der Waals surface area contributed by atoms with E-state index in [-0.39, 0.29) is 0 Å². The van der Waals surface area contributed by atoms with E-state index in [4.69, 9.17) is 12.8 Å². The van der Waals surface area contributed by atoms with Gasteiger partial charge in [0.25, 0.3) is 0 Å². The molecule has 1 atom stereocenters. The Morgan fingerprint density at radius 2 is 1.92 bits per heavy atom. The van der Waals surface area contributed by atoms with Crippen molar-refractivity contribution in [2.45, 2.75) is 13.0 Å². The summed E-state index contributed by atoms with van der Waals surface area (Å²) in [6.45, 7) is 6.81. The van der Waals surface area contributed by atoms with Gasteiger partial charge in [-0.2, -0.15) is 0 Å². The molecule has 0 N–H and O–H groups in total. The number of hydrogen-bond acceptors (Lipinski definition) is 2. The van der Waals surface area contributed by atoms with Gasteiger partial charge in [0.05, 0.1) is 13.1 Å². The minimum atomic E-state index is 0.526. The number of terminal acetylenes is 2. The van der Waals surface area contributed by atoms with E-state index < -0.39 is 0 Å². The van der Waals surface area contributed by atoms with Crippen LogP contribution in [0.25, 0.3) is 0 Å². The van der Waals surface area contributed by atoms with Crippen LogP contribution in [0, 0.1) is 24.7 Å². The van der Waals surface area contributed by atoms with Crippen molar-refractivity contribution in [2.24, 2.45) is 0 Å². The average molecular weight is 176 g/mol. The second-order valence-electron chi connectivity index (χ2n) is 3.46. The van der Waals surface area contributed by atoms with Crippen LogP contribution in [0.3, 0.4) is 0 Å². The molecule has 0 amide bonds. The van der Waals surface area contributed by atoms with Gasteiger partial charge in [0.2, 0.25) is 0 Å². The first kappa shape index (κ1) is 10.1. The van der Waals surface area contributed by atoms with Crippen LogP contribution in [-0.2, 0) is 0 Å². The molecule has 13 heavy (non-hydrogen) atoms. The number of hydrogen-bond donors (Lipinski definition) is 0. The maximum Gasteiger partial charge on any atom is 0.0602 e. The van der Waals surface area contributed by atoms with Gasteiger partial charge in [-0.25, -0.2) is 0 Å². The van der Waals surface area contributed by atoms with Crippen molar-refractivity contribution in [2.75, 3.05) is 32.7 Å². The van der Waals surface area contributed by atoms with Crippen LogP contribution in [0.2, 0.25) is 0 Å². The summed E-state index contributed by atoms with van der Waals surface area (Å²) >= 11 is 0. The maximum absolute atomic E-state index is 5.28. The standard InChI is InChI=1S/C11H16N2/c1-4-6-12-8-9-13(7-5-2)11(3)10-12/h1-2,11H,6-10H2,3H3.